The van der Waals surface area contributed by atoms with E-state index in [1.807, 2.05) is 6.20 Å². The standard InChI is InChI=1S/C25H34ClNO3/c1-17(2)21-16-27(13-5-8-24(29)30)23(28)15-25(21,3)20-12-11-19(22(26)14-20)10-9-18-6-4-7-18/h11-12,14,16-18H,4-10,13,15H2,1-3H3,(H,29,30)/t25-/m1/s1. The van der Waals surface area contributed by atoms with E-state index in [9.17, 15) is 9.59 Å². The van der Waals surface area contributed by atoms with Crippen molar-refractivity contribution in [2.75, 3.05) is 6.54 Å². The number of carboxylic acid groups (broad SMARTS) is 1. The highest BCUT2D eigenvalue weighted by Gasteiger charge is 2.40. The van der Waals surface area contributed by atoms with Crippen LogP contribution < -0.4 is 0 Å². The number of carbonyl (C=O) groups excluding carboxylic acids is 1. The summed E-state index contributed by atoms with van der Waals surface area (Å²) in [5.41, 5.74) is 3.07. The van der Waals surface area contributed by atoms with Gasteiger partial charge in [0.05, 0.1) is 0 Å². The van der Waals surface area contributed by atoms with Crippen molar-refractivity contribution in [2.24, 2.45) is 11.8 Å². The highest BCUT2D eigenvalue weighted by molar-refractivity contribution is 6.31. The van der Waals surface area contributed by atoms with Crippen molar-refractivity contribution in [1.82, 2.24) is 4.90 Å². The van der Waals surface area contributed by atoms with Crippen molar-refractivity contribution in [3.05, 3.63) is 46.1 Å². The maximum Gasteiger partial charge on any atom is 0.303 e. The fourth-order valence-electron chi connectivity index (χ4n) is 4.77. The third-order valence-corrected chi connectivity index (χ3v) is 7.26. The number of halogens is 1. The van der Waals surface area contributed by atoms with Crippen molar-refractivity contribution >= 4 is 23.5 Å². The second kappa shape index (κ2) is 9.55. The van der Waals surface area contributed by atoms with Crippen molar-refractivity contribution in [3.8, 4) is 0 Å². The summed E-state index contributed by atoms with van der Waals surface area (Å²) in [6.07, 6.45) is 9.15. The molecular weight excluding hydrogens is 398 g/mol. The lowest BCUT2D eigenvalue weighted by molar-refractivity contribution is -0.138. The largest absolute Gasteiger partial charge is 0.481 e. The Morgan fingerprint density at radius 3 is 2.63 bits per heavy atom. The number of aliphatic carboxylic acids is 1. The Balaban J connectivity index is 1.81. The molecule has 1 aliphatic carbocycles. The van der Waals surface area contributed by atoms with Gasteiger partial charge in [-0.2, -0.15) is 0 Å². The van der Waals surface area contributed by atoms with Crippen molar-refractivity contribution in [1.29, 1.82) is 0 Å². The number of carboxylic acids is 1. The molecule has 1 aromatic rings. The molecule has 164 valence electrons. The molecule has 0 saturated heterocycles. The molecule has 2 aliphatic rings. The fourth-order valence-corrected chi connectivity index (χ4v) is 5.04. The monoisotopic (exact) mass is 431 g/mol. The first kappa shape index (κ1) is 22.9. The zero-order valence-electron chi connectivity index (χ0n) is 18.4. The minimum absolute atomic E-state index is 0.0393. The summed E-state index contributed by atoms with van der Waals surface area (Å²) in [7, 11) is 0. The smallest absolute Gasteiger partial charge is 0.303 e. The summed E-state index contributed by atoms with van der Waals surface area (Å²) < 4.78 is 0. The van der Waals surface area contributed by atoms with Gasteiger partial charge in [-0.1, -0.05) is 63.8 Å². The Kier molecular flexibility index (Phi) is 7.28. The number of rotatable bonds is 9. The number of carbonyl (C=O) groups is 2. The van der Waals surface area contributed by atoms with E-state index in [0.29, 0.717) is 19.4 Å². The van der Waals surface area contributed by atoms with Crippen LogP contribution in [-0.2, 0) is 21.4 Å². The molecule has 1 amide bonds. The molecule has 1 aliphatic heterocycles. The van der Waals surface area contributed by atoms with Gasteiger partial charge in [-0.05, 0) is 53.9 Å². The van der Waals surface area contributed by atoms with Crippen LogP contribution in [0.5, 0.6) is 0 Å². The number of hydrogen-bond donors (Lipinski definition) is 1. The number of aryl methyl sites for hydroxylation is 1. The first-order valence-electron chi connectivity index (χ1n) is 11.2. The molecular formula is C25H34ClNO3. The van der Waals surface area contributed by atoms with Crippen molar-refractivity contribution in [2.45, 2.75) is 77.6 Å². The van der Waals surface area contributed by atoms with E-state index >= 15 is 0 Å². The average molecular weight is 432 g/mol. The number of hydrogen-bond acceptors (Lipinski definition) is 2. The molecule has 1 atom stereocenters. The maximum atomic E-state index is 12.9. The molecule has 1 N–H and O–H groups in total. The van der Waals surface area contributed by atoms with Crippen LogP contribution in [0.25, 0.3) is 0 Å². The number of nitrogens with zero attached hydrogens (tertiary/aromatic N) is 1. The predicted octanol–water partition coefficient (Wildman–Crippen LogP) is 5.97. The molecule has 0 unspecified atom stereocenters. The first-order valence-corrected chi connectivity index (χ1v) is 11.6. The van der Waals surface area contributed by atoms with E-state index in [0.717, 1.165) is 22.9 Å². The second-order valence-corrected chi connectivity index (χ2v) is 9.88. The van der Waals surface area contributed by atoms with Crippen LogP contribution in [-0.4, -0.2) is 28.4 Å². The summed E-state index contributed by atoms with van der Waals surface area (Å²) in [6, 6.07) is 6.34. The Morgan fingerprint density at radius 2 is 2.07 bits per heavy atom. The lowest BCUT2D eigenvalue weighted by Crippen LogP contribution is -2.42. The van der Waals surface area contributed by atoms with Crippen LogP contribution in [0.15, 0.2) is 30.0 Å². The molecule has 0 aromatic heterocycles. The lowest BCUT2D eigenvalue weighted by Gasteiger charge is -2.41. The summed E-state index contributed by atoms with van der Waals surface area (Å²) in [6.45, 7) is 6.86. The molecule has 1 aromatic carbocycles. The highest BCUT2D eigenvalue weighted by atomic mass is 35.5. The summed E-state index contributed by atoms with van der Waals surface area (Å²) in [5, 5.41) is 9.68. The number of benzene rings is 1. The third kappa shape index (κ3) is 5.08. The molecule has 30 heavy (non-hydrogen) atoms. The van der Waals surface area contributed by atoms with Gasteiger partial charge in [-0.15, -0.1) is 0 Å². The van der Waals surface area contributed by atoms with Crippen LogP contribution in [0.4, 0.5) is 0 Å². The van der Waals surface area contributed by atoms with E-state index in [1.54, 1.807) is 4.90 Å². The zero-order chi connectivity index (χ0) is 21.9. The summed E-state index contributed by atoms with van der Waals surface area (Å²) in [5.74, 6) is 0.334. The normalized spacial score (nSPS) is 22.2. The molecule has 3 rings (SSSR count). The van der Waals surface area contributed by atoms with E-state index < -0.39 is 11.4 Å². The van der Waals surface area contributed by atoms with Gasteiger partial charge in [-0.3, -0.25) is 9.59 Å². The SMILES string of the molecule is CC(C)C1=CN(CCCC(=O)O)C(=O)C[C@]1(C)c1ccc(CCC2CCC2)c(Cl)c1. The highest BCUT2D eigenvalue weighted by Crippen LogP contribution is 2.44. The van der Waals surface area contributed by atoms with Crippen LogP contribution in [0, 0.1) is 11.8 Å². The van der Waals surface area contributed by atoms with Gasteiger partial charge >= 0.3 is 5.97 Å². The third-order valence-electron chi connectivity index (χ3n) is 6.91. The van der Waals surface area contributed by atoms with Crippen molar-refractivity contribution in [3.63, 3.8) is 0 Å². The lowest BCUT2D eigenvalue weighted by atomic mass is 9.68. The first-order chi connectivity index (χ1) is 14.2. The van der Waals surface area contributed by atoms with Crippen molar-refractivity contribution < 1.29 is 14.7 Å². The zero-order valence-corrected chi connectivity index (χ0v) is 19.2. The molecule has 1 fully saturated rings. The minimum Gasteiger partial charge on any atom is -0.481 e. The van der Waals surface area contributed by atoms with Gasteiger partial charge in [0.25, 0.3) is 0 Å². The Bertz CT molecular complexity index is 828. The Morgan fingerprint density at radius 1 is 1.33 bits per heavy atom. The molecule has 0 bridgehead atoms. The minimum atomic E-state index is -0.829. The van der Waals surface area contributed by atoms with Crippen LogP contribution in [0.1, 0.15) is 76.8 Å². The van der Waals surface area contributed by atoms with Gasteiger partial charge in [0.15, 0.2) is 0 Å². The predicted molar refractivity (Wildman–Crippen MR) is 121 cm³/mol. The molecule has 5 heteroatoms. The van der Waals surface area contributed by atoms with E-state index in [2.05, 4.69) is 39.0 Å². The van der Waals surface area contributed by atoms with E-state index in [4.69, 9.17) is 16.7 Å². The number of allylic oxidation sites excluding steroid dienone is 1. The second-order valence-electron chi connectivity index (χ2n) is 9.47. The quantitative estimate of drug-likeness (QED) is 0.524. The fraction of sp³-hybridized carbons (Fsp3) is 0.600. The van der Waals surface area contributed by atoms with E-state index in [1.165, 1.54) is 36.8 Å². The van der Waals surface area contributed by atoms with Crippen LogP contribution >= 0.6 is 11.6 Å². The van der Waals surface area contributed by atoms with E-state index in [-0.39, 0.29) is 18.2 Å². The number of amides is 1. The maximum absolute atomic E-state index is 12.9. The summed E-state index contributed by atoms with van der Waals surface area (Å²) in [4.78, 5) is 25.4. The van der Waals surface area contributed by atoms with Crippen LogP contribution in [0.3, 0.4) is 0 Å². The molecule has 0 spiro atoms. The van der Waals surface area contributed by atoms with Gasteiger partial charge in [0.2, 0.25) is 5.91 Å². The summed E-state index contributed by atoms with van der Waals surface area (Å²) >= 11 is 6.68. The molecule has 1 heterocycles. The molecule has 1 saturated carbocycles. The van der Waals surface area contributed by atoms with Gasteiger partial charge in [0.1, 0.15) is 0 Å². The van der Waals surface area contributed by atoms with Gasteiger partial charge < -0.3 is 10.0 Å². The van der Waals surface area contributed by atoms with Gasteiger partial charge in [0, 0.05) is 36.0 Å². The average Bonchev–Trinajstić information content (AvgIpc) is 2.62. The Labute approximate surface area is 185 Å². The molecule has 4 nitrogen and oxygen atoms in total. The van der Waals surface area contributed by atoms with Gasteiger partial charge in [-0.25, -0.2) is 0 Å². The topological polar surface area (TPSA) is 57.6 Å². The van der Waals surface area contributed by atoms with Crippen LogP contribution in [0.2, 0.25) is 5.02 Å². The Hall–Kier alpha value is -1.81. The molecule has 0 radical (unpaired) electrons.